The van der Waals surface area contributed by atoms with Crippen molar-refractivity contribution >= 4 is 6.09 Å². The minimum absolute atomic E-state index is 0.238. The molecule has 0 fully saturated rings. The number of carbonyl (C=O) groups is 1. The topological polar surface area (TPSA) is 51.2 Å². The number of nitrogens with zero attached hydrogens (tertiary/aromatic N) is 1. The Kier molecular flexibility index (Phi) is 5.36. The predicted molar refractivity (Wildman–Crippen MR) is 80.5 cm³/mol. The van der Waals surface area contributed by atoms with Crippen LogP contribution in [-0.4, -0.2) is 17.6 Å². The number of amides is 1. The van der Waals surface area contributed by atoms with Gasteiger partial charge in [0.1, 0.15) is 6.61 Å². The summed E-state index contributed by atoms with van der Waals surface area (Å²) in [6.07, 6.45) is 1.23. The molecule has 2 aromatic rings. The molecule has 0 saturated carbocycles. The molecule has 0 spiro atoms. The molecule has 1 aromatic heterocycles. The van der Waals surface area contributed by atoms with Gasteiger partial charge in [0.15, 0.2) is 0 Å². The number of alkyl carbamates (subject to hydrolysis) is 1. The number of aryl methyl sites for hydroxylation is 1. The van der Waals surface area contributed by atoms with Gasteiger partial charge in [-0.1, -0.05) is 42.2 Å². The number of ether oxygens (including phenoxy) is 1. The second-order valence-electron chi connectivity index (χ2n) is 4.41. The lowest BCUT2D eigenvalue weighted by molar-refractivity contribution is 0.141. The highest BCUT2D eigenvalue weighted by Crippen LogP contribution is 2.00. The highest BCUT2D eigenvalue weighted by atomic mass is 16.5. The number of hydrogen-bond donors (Lipinski definition) is 1. The van der Waals surface area contributed by atoms with E-state index in [1.54, 1.807) is 6.20 Å². The molecule has 0 aliphatic rings. The minimum atomic E-state index is -0.477. The zero-order valence-electron chi connectivity index (χ0n) is 11.8. The summed E-state index contributed by atoms with van der Waals surface area (Å²) in [5.41, 5.74) is 2.72. The van der Waals surface area contributed by atoms with E-state index in [9.17, 15) is 4.79 Å². The average molecular weight is 280 g/mol. The van der Waals surface area contributed by atoms with Crippen LogP contribution in [0, 0.1) is 18.8 Å². The summed E-state index contributed by atoms with van der Waals surface area (Å²) in [6, 6.07) is 13.3. The summed E-state index contributed by atoms with van der Waals surface area (Å²) in [6.45, 7) is 2.41. The van der Waals surface area contributed by atoms with Crippen LogP contribution in [0.2, 0.25) is 0 Å². The summed E-state index contributed by atoms with van der Waals surface area (Å²) in [5.74, 6) is 5.77. The smallest absolute Gasteiger partial charge is 0.408 e. The van der Waals surface area contributed by atoms with Gasteiger partial charge in [0.25, 0.3) is 0 Å². The Labute approximate surface area is 124 Å². The third kappa shape index (κ3) is 5.37. The van der Waals surface area contributed by atoms with Gasteiger partial charge in [-0.15, -0.1) is 0 Å². The van der Waals surface area contributed by atoms with Gasteiger partial charge in [0.05, 0.1) is 6.54 Å². The van der Waals surface area contributed by atoms with E-state index in [1.807, 2.05) is 49.4 Å². The molecule has 1 amide bonds. The Balaban J connectivity index is 1.71. The molecule has 0 radical (unpaired) electrons. The molecule has 0 aliphatic carbocycles. The van der Waals surface area contributed by atoms with Crippen LogP contribution in [0.5, 0.6) is 0 Å². The van der Waals surface area contributed by atoms with Crippen LogP contribution in [0.1, 0.15) is 16.8 Å². The van der Waals surface area contributed by atoms with Crippen molar-refractivity contribution in [2.24, 2.45) is 0 Å². The first kappa shape index (κ1) is 14.6. The van der Waals surface area contributed by atoms with Crippen molar-refractivity contribution in [1.82, 2.24) is 10.3 Å². The third-order valence-electron chi connectivity index (χ3n) is 2.68. The Hall–Kier alpha value is -2.80. The van der Waals surface area contributed by atoms with Gasteiger partial charge in [-0.25, -0.2) is 4.79 Å². The summed E-state index contributed by atoms with van der Waals surface area (Å²) >= 11 is 0. The molecule has 106 valence electrons. The first-order valence-corrected chi connectivity index (χ1v) is 6.60. The van der Waals surface area contributed by atoms with Gasteiger partial charge in [-0.3, -0.25) is 4.98 Å². The second-order valence-corrected chi connectivity index (χ2v) is 4.41. The standard InChI is InChI=1S/C17H16N2O2/c1-14-9-10-15(12-19-14)8-5-11-18-17(20)21-13-16-6-3-2-4-7-16/h2-4,6-7,9-10,12H,11,13H2,1H3,(H,18,20). The van der Waals surface area contributed by atoms with Crippen LogP contribution < -0.4 is 5.32 Å². The highest BCUT2D eigenvalue weighted by molar-refractivity contribution is 5.67. The maximum atomic E-state index is 11.5. The van der Waals surface area contributed by atoms with E-state index < -0.39 is 6.09 Å². The summed E-state index contributed by atoms with van der Waals surface area (Å²) in [5, 5.41) is 2.58. The Bertz CT molecular complexity index is 640. The summed E-state index contributed by atoms with van der Waals surface area (Å²) in [7, 11) is 0. The lowest BCUT2D eigenvalue weighted by Crippen LogP contribution is -2.24. The lowest BCUT2D eigenvalue weighted by atomic mass is 10.2. The Morgan fingerprint density at radius 1 is 1.24 bits per heavy atom. The lowest BCUT2D eigenvalue weighted by Gasteiger charge is -2.04. The van der Waals surface area contributed by atoms with E-state index in [0.29, 0.717) is 0 Å². The number of hydrogen-bond acceptors (Lipinski definition) is 3. The van der Waals surface area contributed by atoms with Crippen molar-refractivity contribution < 1.29 is 9.53 Å². The molecule has 2 rings (SSSR count). The minimum Gasteiger partial charge on any atom is -0.445 e. The molecular formula is C17H16N2O2. The molecule has 1 N–H and O–H groups in total. The molecule has 21 heavy (non-hydrogen) atoms. The van der Waals surface area contributed by atoms with Crippen molar-refractivity contribution in [2.75, 3.05) is 6.54 Å². The molecule has 0 atom stereocenters. The number of rotatable bonds is 3. The normalized spacial score (nSPS) is 9.38. The fourth-order valence-electron chi connectivity index (χ4n) is 1.58. The van der Waals surface area contributed by atoms with E-state index in [0.717, 1.165) is 16.8 Å². The van der Waals surface area contributed by atoms with E-state index >= 15 is 0 Å². The molecular weight excluding hydrogens is 264 g/mol. The van der Waals surface area contributed by atoms with Gasteiger partial charge >= 0.3 is 6.09 Å². The van der Waals surface area contributed by atoms with Crippen LogP contribution >= 0.6 is 0 Å². The van der Waals surface area contributed by atoms with Crippen molar-refractivity contribution in [2.45, 2.75) is 13.5 Å². The van der Waals surface area contributed by atoms with Gasteiger partial charge in [0.2, 0.25) is 0 Å². The Morgan fingerprint density at radius 3 is 2.76 bits per heavy atom. The zero-order valence-corrected chi connectivity index (χ0v) is 11.8. The molecule has 4 nitrogen and oxygen atoms in total. The van der Waals surface area contributed by atoms with Gasteiger partial charge < -0.3 is 10.1 Å². The Morgan fingerprint density at radius 2 is 2.05 bits per heavy atom. The van der Waals surface area contributed by atoms with Gasteiger partial charge in [-0.2, -0.15) is 0 Å². The SMILES string of the molecule is Cc1ccc(C#CCNC(=O)OCc2ccccc2)cn1. The predicted octanol–water partition coefficient (Wildman–Crippen LogP) is 2.67. The molecule has 0 bridgehead atoms. The van der Waals surface area contributed by atoms with Crippen molar-refractivity contribution in [3.05, 3.63) is 65.5 Å². The quantitative estimate of drug-likeness (QED) is 0.879. The molecule has 4 heteroatoms. The molecule has 1 heterocycles. The van der Waals surface area contributed by atoms with Crippen molar-refractivity contribution in [1.29, 1.82) is 0 Å². The maximum Gasteiger partial charge on any atom is 0.408 e. The molecule has 1 aromatic carbocycles. The fourth-order valence-corrected chi connectivity index (χ4v) is 1.58. The van der Waals surface area contributed by atoms with E-state index in [2.05, 4.69) is 22.1 Å². The van der Waals surface area contributed by atoms with Crippen LogP contribution in [0.4, 0.5) is 4.79 Å². The average Bonchev–Trinajstić information content (AvgIpc) is 2.52. The molecule has 0 unspecified atom stereocenters. The van der Waals surface area contributed by atoms with Crippen LogP contribution in [0.15, 0.2) is 48.7 Å². The number of nitrogens with one attached hydrogen (secondary N) is 1. The largest absolute Gasteiger partial charge is 0.445 e. The van der Waals surface area contributed by atoms with E-state index in [-0.39, 0.29) is 13.2 Å². The maximum absolute atomic E-state index is 11.5. The summed E-state index contributed by atoms with van der Waals surface area (Å²) < 4.78 is 5.07. The van der Waals surface area contributed by atoms with E-state index in [1.165, 1.54) is 0 Å². The summed E-state index contributed by atoms with van der Waals surface area (Å²) in [4.78, 5) is 15.6. The van der Waals surface area contributed by atoms with Crippen molar-refractivity contribution in [3.8, 4) is 11.8 Å². The van der Waals surface area contributed by atoms with Crippen LogP contribution in [0.25, 0.3) is 0 Å². The van der Waals surface area contributed by atoms with Gasteiger partial charge in [0, 0.05) is 17.5 Å². The number of benzene rings is 1. The molecule has 0 aliphatic heterocycles. The van der Waals surface area contributed by atoms with Crippen LogP contribution in [-0.2, 0) is 11.3 Å². The van der Waals surface area contributed by atoms with Crippen LogP contribution in [0.3, 0.4) is 0 Å². The molecule has 0 saturated heterocycles. The second kappa shape index (κ2) is 7.71. The zero-order chi connectivity index (χ0) is 14.9. The highest BCUT2D eigenvalue weighted by Gasteiger charge is 1.99. The first-order chi connectivity index (χ1) is 10.2. The van der Waals surface area contributed by atoms with Gasteiger partial charge in [-0.05, 0) is 24.6 Å². The monoisotopic (exact) mass is 280 g/mol. The number of aromatic nitrogens is 1. The third-order valence-corrected chi connectivity index (χ3v) is 2.68. The number of carbonyl (C=O) groups excluding carboxylic acids is 1. The fraction of sp³-hybridized carbons (Fsp3) is 0.176. The van der Waals surface area contributed by atoms with Crippen molar-refractivity contribution in [3.63, 3.8) is 0 Å². The first-order valence-electron chi connectivity index (χ1n) is 6.60. The number of pyridine rings is 1. The van der Waals surface area contributed by atoms with E-state index in [4.69, 9.17) is 4.74 Å².